The normalized spacial score (nSPS) is 19.0. The maximum atomic E-state index is 13.3. The topological polar surface area (TPSA) is 81.0 Å². The molecule has 1 saturated heterocycles. The molecule has 152 valence electrons. The molecule has 3 rings (SSSR count). The number of hydrogen-bond acceptors (Lipinski definition) is 4. The van der Waals surface area contributed by atoms with Crippen LogP contribution < -0.4 is 0 Å². The van der Waals surface area contributed by atoms with E-state index in [9.17, 15) is 33.3 Å². The Kier molecular flexibility index (Phi) is 5.94. The summed E-state index contributed by atoms with van der Waals surface area (Å²) in [4.78, 5) is 13.3. The van der Waals surface area contributed by atoms with Crippen molar-refractivity contribution in [2.24, 2.45) is 0 Å². The smallest absolute Gasteiger partial charge is 0.392 e. The van der Waals surface area contributed by atoms with Crippen molar-refractivity contribution in [3.05, 3.63) is 59.2 Å². The number of carbonyl (C=O) groups excluding carboxylic acids is 1. The predicted molar refractivity (Wildman–Crippen MR) is 98.3 cm³/mol. The van der Waals surface area contributed by atoms with E-state index in [-0.39, 0.29) is 29.8 Å². The van der Waals surface area contributed by atoms with Gasteiger partial charge in [-0.2, -0.15) is 13.2 Å². The van der Waals surface area contributed by atoms with Crippen LogP contribution in [-0.2, 0) is 17.6 Å². The van der Waals surface area contributed by atoms with Crippen LogP contribution in [0.4, 0.5) is 13.2 Å². The maximum absolute atomic E-state index is 13.3. The minimum absolute atomic E-state index is 0.0241. The van der Waals surface area contributed by atoms with E-state index in [0.717, 1.165) is 6.07 Å². The van der Waals surface area contributed by atoms with Crippen molar-refractivity contribution in [3.8, 4) is 23.0 Å². The highest BCUT2D eigenvalue weighted by atomic mass is 19.4. The van der Waals surface area contributed by atoms with Crippen molar-refractivity contribution in [1.29, 1.82) is 0 Å². The summed E-state index contributed by atoms with van der Waals surface area (Å²) in [6.07, 6.45) is -6.58. The number of β-amino-alcohol motifs (C(OH)–C–C–N with tert-alkyl or cyclic N) is 2. The Labute approximate surface area is 165 Å². The lowest BCUT2D eigenvalue weighted by Gasteiger charge is -2.15. The van der Waals surface area contributed by atoms with Crippen LogP contribution in [0, 0.1) is 11.8 Å². The number of carbonyl (C=O) groups is 1. The average molecular weight is 405 g/mol. The van der Waals surface area contributed by atoms with E-state index < -0.39 is 36.5 Å². The van der Waals surface area contributed by atoms with Gasteiger partial charge in [0.15, 0.2) is 0 Å². The largest absolute Gasteiger partial charge is 0.417 e. The molecular weight excluding hydrogens is 387 g/mol. The Hall–Kier alpha value is -2.86. The molecule has 0 radical (unpaired) electrons. The van der Waals surface area contributed by atoms with Gasteiger partial charge in [0.1, 0.15) is 0 Å². The molecule has 2 aromatic carbocycles. The number of alkyl halides is 3. The van der Waals surface area contributed by atoms with Gasteiger partial charge < -0.3 is 20.2 Å². The van der Waals surface area contributed by atoms with E-state index in [1.807, 2.05) is 0 Å². The zero-order valence-corrected chi connectivity index (χ0v) is 15.1. The molecule has 5 nitrogen and oxygen atoms in total. The van der Waals surface area contributed by atoms with Crippen LogP contribution in [0.3, 0.4) is 0 Å². The average Bonchev–Trinajstić information content (AvgIpc) is 3.04. The molecule has 0 saturated carbocycles. The van der Waals surface area contributed by atoms with Gasteiger partial charge in [-0.25, -0.2) is 0 Å². The van der Waals surface area contributed by atoms with Crippen LogP contribution in [-0.4, -0.2) is 51.4 Å². The maximum Gasteiger partial charge on any atom is 0.417 e. The molecule has 0 spiro atoms. The number of amides is 1. The molecule has 1 aliphatic heterocycles. The summed E-state index contributed by atoms with van der Waals surface area (Å²) < 4.78 is 39.9. The number of benzene rings is 2. The number of rotatable bonds is 2. The molecule has 29 heavy (non-hydrogen) atoms. The fourth-order valence-corrected chi connectivity index (χ4v) is 3.17. The molecular formula is C21H18F3NO4. The molecule has 0 unspecified atom stereocenters. The number of aliphatic hydroxyl groups excluding tert-OH is 3. The van der Waals surface area contributed by atoms with E-state index >= 15 is 0 Å². The number of aliphatic hydroxyl groups is 3. The lowest BCUT2D eigenvalue weighted by molar-refractivity contribution is -0.137. The summed E-state index contributed by atoms with van der Waals surface area (Å²) in [5.41, 5.74) is -0.0541. The molecule has 1 heterocycles. The highest BCUT2D eigenvalue weighted by molar-refractivity contribution is 5.94. The number of nitrogens with zero attached hydrogens (tertiary/aromatic N) is 1. The van der Waals surface area contributed by atoms with Crippen molar-refractivity contribution < 1.29 is 33.3 Å². The van der Waals surface area contributed by atoms with Gasteiger partial charge in [-0.15, -0.1) is 0 Å². The highest BCUT2D eigenvalue weighted by Gasteiger charge is 2.34. The Morgan fingerprint density at radius 2 is 1.72 bits per heavy atom. The second kappa shape index (κ2) is 8.25. The number of likely N-dealkylation sites (tertiary alicyclic amines) is 1. The van der Waals surface area contributed by atoms with Crippen LogP contribution in [0.15, 0.2) is 42.5 Å². The lowest BCUT2D eigenvalue weighted by atomic mass is 9.94. The van der Waals surface area contributed by atoms with Crippen molar-refractivity contribution >= 4 is 5.91 Å². The Balaban J connectivity index is 1.89. The third kappa shape index (κ3) is 4.59. The van der Waals surface area contributed by atoms with Crippen molar-refractivity contribution in [2.75, 3.05) is 13.1 Å². The summed E-state index contributed by atoms with van der Waals surface area (Å²) in [7, 11) is 0. The highest BCUT2D eigenvalue weighted by Crippen LogP contribution is 2.38. The standard InChI is InChI=1S/C21H18F3NO4/c22-21(23,24)17-4-2-1-3-16(17)15-7-5-13(9-14(15)12-26)6-8-20(29)25-10-18(27)19(28)11-25/h1-5,7,9,18-19,26-28H,10-12H2/t18-,19+. The molecule has 2 atom stereocenters. The molecule has 0 bridgehead atoms. The van der Waals surface area contributed by atoms with Crippen LogP contribution in [0.25, 0.3) is 11.1 Å². The van der Waals surface area contributed by atoms with Gasteiger partial charge in [-0.1, -0.05) is 30.2 Å². The molecule has 0 aliphatic carbocycles. The second-order valence-electron chi connectivity index (χ2n) is 6.67. The molecule has 1 fully saturated rings. The third-order valence-corrected chi connectivity index (χ3v) is 4.66. The van der Waals surface area contributed by atoms with E-state index in [4.69, 9.17) is 0 Å². The SMILES string of the molecule is O=C(C#Cc1ccc(-c2ccccc2C(F)(F)F)c(CO)c1)N1C[C@@H](O)[C@@H](O)C1. The number of halogens is 3. The zero-order valence-electron chi connectivity index (χ0n) is 15.1. The molecule has 2 aromatic rings. The van der Waals surface area contributed by atoms with Gasteiger partial charge in [-0.05, 0) is 34.9 Å². The first-order valence-corrected chi connectivity index (χ1v) is 8.78. The van der Waals surface area contributed by atoms with Crippen molar-refractivity contribution in [1.82, 2.24) is 4.90 Å². The first-order chi connectivity index (χ1) is 13.7. The fraction of sp³-hybridized carbons (Fsp3) is 0.286. The summed E-state index contributed by atoms with van der Waals surface area (Å²) in [5, 5.41) is 28.6. The molecule has 0 aromatic heterocycles. The van der Waals surface area contributed by atoms with Gasteiger partial charge in [0.25, 0.3) is 5.91 Å². The van der Waals surface area contributed by atoms with Crippen molar-refractivity contribution in [3.63, 3.8) is 0 Å². The first-order valence-electron chi connectivity index (χ1n) is 8.78. The monoisotopic (exact) mass is 405 g/mol. The van der Waals surface area contributed by atoms with E-state index in [2.05, 4.69) is 11.8 Å². The minimum atomic E-state index is -4.54. The van der Waals surface area contributed by atoms with Gasteiger partial charge in [-0.3, -0.25) is 4.79 Å². The van der Waals surface area contributed by atoms with Gasteiger partial charge in [0.05, 0.1) is 37.5 Å². The van der Waals surface area contributed by atoms with Gasteiger partial charge in [0.2, 0.25) is 0 Å². The van der Waals surface area contributed by atoms with Gasteiger partial charge >= 0.3 is 6.18 Å². The van der Waals surface area contributed by atoms with E-state index in [1.165, 1.54) is 41.3 Å². The molecule has 8 heteroatoms. The van der Waals surface area contributed by atoms with E-state index in [1.54, 1.807) is 0 Å². The van der Waals surface area contributed by atoms with Crippen LogP contribution in [0.5, 0.6) is 0 Å². The van der Waals surface area contributed by atoms with Crippen LogP contribution in [0.1, 0.15) is 16.7 Å². The summed E-state index contributed by atoms with van der Waals surface area (Å²) in [6.45, 7) is -0.553. The quantitative estimate of drug-likeness (QED) is 0.666. The molecule has 3 N–H and O–H groups in total. The first kappa shape index (κ1) is 20.9. The predicted octanol–water partition coefficient (Wildman–Crippen LogP) is 1.78. The Bertz CT molecular complexity index is 968. The fourth-order valence-electron chi connectivity index (χ4n) is 3.17. The van der Waals surface area contributed by atoms with Crippen molar-refractivity contribution in [2.45, 2.75) is 25.0 Å². The minimum Gasteiger partial charge on any atom is -0.392 e. The molecule has 1 aliphatic rings. The summed E-state index contributed by atoms with van der Waals surface area (Å²) in [6, 6.07) is 9.40. The summed E-state index contributed by atoms with van der Waals surface area (Å²) in [5.74, 6) is 4.41. The Morgan fingerprint density at radius 1 is 1.07 bits per heavy atom. The lowest BCUT2D eigenvalue weighted by Crippen LogP contribution is -2.28. The second-order valence-corrected chi connectivity index (χ2v) is 6.67. The van der Waals surface area contributed by atoms with Crippen LogP contribution in [0.2, 0.25) is 0 Å². The van der Waals surface area contributed by atoms with Gasteiger partial charge in [0, 0.05) is 11.5 Å². The zero-order chi connectivity index (χ0) is 21.2. The summed E-state index contributed by atoms with van der Waals surface area (Å²) >= 11 is 0. The Morgan fingerprint density at radius 3 is 2.34 bits per heavy atom. The third-order valence-electron chi connectivity index (χ3n) is 4.66. The molecule has 1 amide bonds. The number of hydrogen-bond donors (Lipinski definition) is 3. The van der Waals surface area contributed by atoms with E-state index in [0.29, 0.717) is 5.56 Å². The van der Waals surface area contributed by atoms with Crippen LogP contribution >= 0.6 is 0 Å².